The number of hydrogen-bond donors (Lipinski definition) is 1. The van der Waals surface area contributed by atoms with E-state index in [1.54, 1.807) is 0 Å². The van der Waals surface area contributed by atoms with Gasteiger partial charge in [-0.3, -0.25) is 0 Å². The van der Waals surface area contributed by atoms with Gasteiger partial charge in [-0.25, -0.2) is 0 Å². The summed E-state index contributed by atoms with van der Waals surface area (Å²) in [6, 6.07) is 4.20. The maximum absolute atomic E-state index is 8.68. The van der Waals surface area contributed by atoms with Gasteiger partial charge in [0.15, 0.2) is 0 Å². The lowest BCUT2D eigenvalue weighted by Gasteiger charge is -2.06. The second kappa shape index (κ2) is 4.99. The zero-order valence-corrected chi connectivity index (χ0v) is 7.66. The molecule has 68 valence electrons. The van der Waals surface area contributed by atoms with E-state index in [9.17, 15) is 0 Å². The van der Waals surface area contributed by atoms with Crippen molar-refractivity contribution in [3.05, 3.63) is 24.0 Å². The third-order valence-corrected chi connectivity index (χ3v) is 1.98. The van der Waals surface area contributed by atoms with E-state index in [0.717, 1.165) is 19.4 Å². The van der Waals surface area contributed by atoms with Crippen molar-refractivity contribution in [1.29, 1.82) is 0 Å². The highest BCUT2D eigenvalue weighted by Crippen LogP contribution is 2.05. The van der Waals surface area contributed by atoms with Crippen molar-refractivity contribution in [2.75, 3.05) is 6.61 Å². The van der Waals surface area contributed by atoms with Crippen LogP contribution in [0.5, 0.6) is 0 Å². The molecule has 12 heavy (non-hydrogen) atoms. The normalized spacial score (nSPS) is 10.5. The summed E-state index contributed by atoms with van der Waals surface area (Å²) in [7, 11) is 0. The van der Waals surface area contributed by atoms with Crippen LogP contribution in [0.4, 0.5) is 0 Å². The molecule has 0 saturated heterocycles. The molecule has 0 spiro atoms. The molecule has 1 aromatic heterocycles. The molecule has 0 saturated carbocycles. The molecule has 0 aliphatic rings. The summed E-state index contributed by atoms with van der Waals surface area (Å²) in [4.78, 5) is 0. The zero-order chi connectivity index (χ0) is 8.81. The molecular formula is C10H17NO. The second-order valence-electron chi connectivity index (χ2n) is 3.02. The van der Waals surface area contributed by atoms with E-state index in [1.807, 2.05) is 0 Å². The summed E-state index contributed by atoms with van der Waals surface area (Å²) in [6.07, 6.45) is 5.13. The molecule has 0 aliphatic carbocycles. The van der Waals surface area contributed by atoms with Gasteiger partial charge in [0, 0.05) is 25.0 Å². The first-order chi connectivity index (χ1) is 5.88. The summed E-state index contributed by atoms with van der Waals surface area (Å²) in [5.74, 6) is 0. The number of aryl methyl sites for hydroxylation is 2. The van der Waals surface area contributed by atoms with E-state index in [4.69, 9.17) is 5.11 Å². The van der Waals surface area contributed by atoms with Crippen LogP contribution in [-0.2, 0) is 13.0 Å². The molecule has 0 aromatic carbocycles. The van der Waals surface area contributed by atoms with Crippen LogP contribution in [0.25, 0.3) is 0 Å². The molecule has 0 fully saturated rings. The molecular weight excluding hydrogens is 150 g/mol. The van der Waals surface area contributed by atoms with Crippen molar-refractivity contribution in [2.45, 2.75) is 32.7 Å². The molecule has 1 rings (SSSR count). The van der Waals surface area contributed by atoms with Gasteiger partial charge in [0.2, 0.25) is 0 Å². The van der Waals surface area contributed by atoms with Crippen molar-refractivity contribution in [3.63, 3.8) is 0 Å². The largest absolute Gasteiger partial charge is 0.396 e. The highest BCUT2D eigenvalue weighted by molar-refractivity contribution is 5.07. The Morgan fingerprint density at radius 2 is 2.33 bits per heavy atom. The first-order valence-electron chi connectivity index (χ1n) is 4.63. The second-order valence-corrected chi connectivity index (χ2v) is 3.02. The molecule has 2 nitrogen and oxygen atoms in total. The topological polar surface area (TPSA) is 25.2 Å². The predicted molar refractivity (Wildman–Crippen MR) is 50.1 cm³/mol. The average Bonchev–Trinajstić information content (AvgIpc) is 2.50. The summed E-state index contributed by atoms with van der Waals surface area (Å²) >= 11 is 0. The maximum Gasteiger partial charge on any atom is 0.0434 e. The Balaban J connectivity index is 2.51. The monoisotopic (exact) mass is 167 g/mol. The lowest BCUT2D eigenvalue weighted by Crippen LogP contribution is -2.01. The highest BCUT2D eigenvalue weighted by Gasteiger charge is 1.98. The Hall–Kier alpha value is -0.760. The van der Waals surface area contributed by atoms with Gasteiger partial charge in [0.05, 0.1) is 0 Å². The lowest BCUT2D eigenvalue weighted by atomic mass is 10.2. The molecule has 1 heterocycles. The third-order valence-electron chi connectivity index (χ3n) is 1.98. The zero-order valence-electron chi connectivity index (χ0n) is 7.66. The van der Waals surface area contributed by atoms with Gasteiger partial charge in [-0.1, -0.05) is 6.92 Å². The summed E-state index contributed by atoms with van der Waals surface area (Å²) < 4.78 is 2.26. The first-order valence-corrected chi connectivity index (χ1v) is 4.63. The molecule has 1 N–H and O–H groups in total. The highest BCUT2D eigenvalue weighted by atomic mass is 16.2. The fourth-order valence-corrected chi connectivity index (χ4v) is 1.40. The minimum Gasteiger partial charge on any atom is -0.396 e. The first kappa shape index (κ1) is 9.33. The van der Waals surface area contributed by atoms with E-state index in [0.29, 0.717) is 0 Å². The summed E-state index contributed by atoms with van der Waals surface area (Å²) in [5.41, 5.74) is 1.34. The van der Waals surface area contributed by atoms with Crippen LogP contribution < -0.4 is 0 Å². The van der Waals surface area contributed by atoms with Crippen LogP contribution in [0.3, 0.4) is 0 Å². The smallest absolute Gasteiger partial charge is 0.0434 e. The van der Waals surface area contributed by atoms with Crippen molar-refractivity contribution in [3.8, 4) is 0 Å². The standard InChI is InChI=1S/C10H17NO/c1-2-7-11-8-3-5-10(11)6-4-9-12/h3,5,8,12H,2,4,6-7,9H2,1H3. The Morgan fingerprint density at radius 1 is 1.50 bits per heavy atom. The maximum atomic E-state index is 8.68. The van der Waals surface area contributed by atoms with E-state index < -0.39 is 0 Å². The number of aliphatic hydroxyl groups is 1. The van der Waals surface area contributed by atoms with Crippen LogP contribution in [0, 0.1) is 0 Å². The molecule has 1 aromatic rings. The van der Waals surface area contributed by atoms with Crippen LogP contribution >= 0.6 is 0 Å². The van der Waals surface area contributed by atoms with Crippen molar-refractivity contribution >= 4 is 0 Å². The van der Waals surface area contributed by atoms with Gasteiger partial charge in [-0.05, 0) is 31.4 Å². The summed E-state index contributed by atoms with van der Waals surface area (Å²) in [6.45, 7) is 3.56. The van der Waals surface area contributed by atoms with Crippen LogP contribution in [0.2, 0.25) is 0 Å². The van der Waals surface area contributed by atoms with E-state index in [2.05, 4.69) is 29.8 Å². The quantitative estimate of drug-likeness (QED) is 0.711. The van der Waals surface area contributed by atoms with E-state index >= 15 is 0 Å². The number of rotatable bonds is 5. The molecule has 0 radical (unpaired) electrons. The number of aromatic nitrogens is 1. The van der Waals surface area contributed by atoms with Crippen molar-refractivity contribution < 1.29 is 5.11 Å². The van der Waals surface area contributed by atoms with Crippen molar-refractivity contribution in [1.82, 2.24) is 4.57 Å². The Kier molecular flexibility index (Phi) is 3.88. The number of aliphatic hydroxyl groups excluding tert-OH is 1. The molecule has 0 amide bonds. The van der Waals surface area contributed by atoms with E-state index in [-0.39, 0.29) is 6.61 Å². The van der Waals surface area contributed by atoms with Gasteiger partial charge in [-0.15, -0.1) is 0 Å². The molecule has 0 aliphatic heterocycles. The molecule has 0 unspecified atom stereocenters. The third kappa shape index (κ3) is 2.38. The molecule has 0 bridgehead atoms. The van der Waals surface area contributed by atoms with Gasteiger partial charge in [-0.2, -0.15) is 0 Å². The lowest BCUT2D eigenvalue weighted by molar-refractivity contribution is 0.287. The Morgan fingerprint density at radius 3 is 3.00 bits per heavy atom. The van der Waals surface area contributed by atoms with Gasteiger partial charge in [0.1, 0.15) is 0 Å². The van der Waals surface area contributed by atoms with Gasteiger partial charge in [0.25, 0.3) is 0 Å². The molecule has 2 heteroatoms. The number of hydrogen-bond acceptors (Lipinski definition) is 1. The average molecular weight is 167 g/mol. The van der Waals surface area contributed by atoms with E-state index in [1.165, 1.54) is 12.1 Å². The Bertz CT molecular complexity index is 217. The van der Waals surface area contributed by atoms with Crippen LogP contribution in [-0.4, -0.2) is 16.3 Å². The fourth-order valence-electron chi connectivity index (χ4n) is 1.40. The number of nitrogens with zero attached hydrogens (tertiary/aromatic N) is 1. The fraction of sp³-hybridized carbons (Fsp3) is 0.600. The minimum atomic E-state index is 0.289. The van der Waals surface area contributed by atoms with Gasteiger partial charge >= 0.3 is 0 Å². The van der Waals surface area contributed by atoms with Crippen LogP contribution in [0.1, 0.15) is 25.5 Å². The molecule has 0 atom stereocenters. The summed E-state index contributed by atoms with van der Waals surface area (Å²) in [5, 5.41) is 8.68. The Labute approximate surface area is 73.8 Å². The minimum absolute atomic E-state index is 0.289. The SMILES string of the molecule is CCCn1cccc1CCCO. The van der Waals surface area contributed by atoms with Crippen LogP contribution in [0.15, 0.2) is 18.3 Å². The van der Waals surface area contributed by atoms with Crippen molar-refractivity contribution in [2.24, 2.45) is 0 Å². The van der Waals surface area contributed by atoms with Gasteiger partial charge < -0.3 is 9.67 Å². The predicted octanol–water partition coefficient (Wildman–Crippen LogP) is 1.82.